The highest BCUT2D eigenvalue weighted by Crippen LogP contribution is 2.16. The topological polar surface area (TPSA) is 18.1 Å². The summed E-state index contributed by atoms with van der Waals surface area (Å²) in [6.07, 6.45) is 8.75. The molecule has 0 unspecified atom stereocenters. The Morgan fingerprint density at radius 2 is 1.91 bits per heavy atom. The third kappa shape index (κ3) is 4.34. The summed E-state index contributed by atoms with van der Waals surface area (Å²) >= 11 is 0. The Hall–Kier alpha value is -1.32. The van der Waals surface area contributed by atoms with E-state index in [0.29, 0.717) is 0 Å². The van der Waals surface area contributed by atoms with Crippen LogP contribution in [0.4, 0.5) is 0 Å². The largest absolute Gasteiger partial charge is 0.497 e. The van der Waals surface area contributed by atoms with Crippen molar-refractivity contribution in [3.8, 4) is 5.75 Å². The van der Waals surface area contributed by atoms with E-state index in [1.807, 2.05) is 11.0 Å². The predicted octanol–water partition coefficient (Wildman–Crippen LogP) is 0.335. The van der Waals surface area contributed by atoms with Crippen molar-refractivity contribution in [1.82, 2.24) is 0 Å². The lowest BCUT2D eigenvalue weighted by Gasteiger charge is -2.32. The monoisotopic (exact) mass is 302 g/mol. The summed E-state index contributed by atoms with van der Waals surface area (Å²) in [5.74, 6) is 1.91. The molecule has 0 aromatic heterocycles. The molecule has 1 atom stereocenters. The number of ether oxygens (including phenoxy) is 1. The SMILES string of the molecule is COc1cccc(C[NH+]2CC[NH+](C[C@H]3CC=CCC3)CC2)c1. The predicted molar refractivity (Wildman–Crippen MR) is 89.4 cm³/mol. The highest BCUT2D eigenvalue weighted by molar-refractivity contribution is 5.27. The second-order valence-electron chi connectivity index (χ2n) is 6.88. The second kappa shape index (κ2) is 7.80. The number of nitrogens with one attached hydrogen (secondary N) is 2. The van der Waals surface area contributed by atoms with Crippen LogP contribution >= 0.6 is 0 Å². The molecule has 120 valence electrons. The van der Waals surface area contributed by atoms with Gasteiger partial charge in [-0.05, 0) is 31.4 Å². The minimum atomic E-state index is 0.930. The molecule has 0 saturated carbocycles. The van der Waals surface area contributed by atoms with Crippen molar-refractivity contribution in [2.24, 2.45) is 5.92 Å². The third-order valence-corrected chi connectivity index (χ3v) is 5.21. The van der Waals surface area contributed by atoms with Crippen molar-refractivity contribution in [1.29, 1.82) is 0 Å². The Bertz CT molecular complexity index is 492. The zero-order valence-corrected chi connectivity index (χ0v) is 13.8. The van der Waals surface area contributed by atoms with Gasteiger partial charge in [0.25, 0.3) is 0 Å². The van der Waals surface area contributed by atoms with E-state index in [1.54, 1.807) is 12.0 Å². The van der Waals surface area contributed by atoms with Crippen molar-refractivity contribution < 1.29 is 14.5 Å². The van der Waals surface area contributed by atoms with Crippen LogP contribution < -0.4 is 14.5 Å². The van der Waals surface area contributed by atoms with Gasteiger partial charge in [0.1, 0.15) is 38.5 Å². The summed E-state index contributed by atoms with van der Waals surface area (Å²) in [6, 6.07) is 8.54. The van der Waals surface area contributed by atoms with Crippen LogP contribution in [0.5, 0.6) is 5.75 Å². The quantitative estimate of drug-likeness (QED) is 0.751. The lowest BCUT2D eigenvalue weighted by Crippen LogP contribution is -3.27. The number of allylic oxidation sites excluding steroid dienone is 2. The molecule has 0 spiro atoms. The van der Waals surface area contributed by atoms with Crippen LogP contribution in [0.2, 0.25) is 0 Å². The summed E-state index contributed by atoms with van der Waals surface area (Å²) in [7, 11) is 1.74. The molecule has 1 aromatic rings. The molecule has 1 aliphatic heterocycles. The smallest absolute Gasteiger partial charge is 0.127 e. The molecule has 0 bridgehead atoms. The van der Waals surface area contributed by atoms with E-state index in [-0.39, 0.29) is 0 Å². The number of hydrogen-bond acceptors (Lipinski definition) is 1. The lowest BCUT2D eigenvalue weighted by atomic mass is 9.94. The molecular weight excluding hydrogens is 272 g/mol. The molecule has 2 aliphatic rings. The maximum absolute atomic E-state index is 5.33. The Kier molecular flexibility index (Phi) is 5.52. The maximum atomic E-state index is 5.33. The minimum absolute atomic E-state index is 0.930. The highest BCUT2D eigenvalue weighted by Gasteiger charge is 2.25. The summed E-state index contributed by atoms with van der Waals surface area (Å²) < 4.78 is 5.33. The van der Waals surface area contributed by atoms with Gasteiger partial charge in [-0.3, -0.25) is 0 Å². The van der Waals surface area contributed by atoms with E-state index in [9.17, 15) is 0 Å². The van der Waals surface area contributed by atoms with E-state index < -0.39 is 0 Å². The number of hydrogen-bond donors (Lipinski definition) is 2. The molecule has 22 heavy (non-hydrogen) atoms. The summed E-state index contributed by atoms with van der Waals surface area (Å²) in [5, 5.41) is 0. The fourth-order valence-electron chi connectivity index (χ4n) is 3.86. The third-order valence-electron chi connectivity index (χ3n) is 5.21. The van der Waals surface area contributed by atoms with Crippen molar-refractivity contribution in [2.45, 2.75) is 25.8 Å². The Morgan fingerprint density at radius 1 is 1.09 bits per heavy atom. The highest BCUT2D eigenvalue weighted by atomic mass is 16.5. The molecule has 3 nitrogen and oxygen atoms in total. The van der Waals surface area contributed by atoms with E-state index >= 15 is 0 Å². The van der Waals surface area contributed by atoms with Crippen molar-refractivity contribution in [3.05, 3.63) is 42.0 Å². The van der Waals surface area contributed by atoms with Crippen molar-refractivity contribution in [2.75, 3.05) is 39.8 Å². The average Bonchev–Trinajstić information content (AvgIpc) is 2.58. The van der Waals surface area contributed by atoms with E-state index in [0.717, 1.165) is 18.2 Å². The molecule has 1 heterocycles. The van der Waals surface area contributed by atoms with Gasteiger partial charge >= 0.3 is 0 Å². The lowest BCUT2D eigenvalue weighted by molar-refractivity contribution is -1.02. The zero-order valence-electron chi connectivity index (χ0n) is 13.8. The maximum Gasteiger partial charge on any atom is 0.127 e. The van der Waals surface area contributed by atoms with Crippen LogP contribution in [0, 0.1) is 5.92 Å². The van der Waals surface area contributed by atoms with Crippen LogP contribution in [-0.4, -0.2) is 39.8 Å². The van der Waals surface area contributed by atoms with Crippen LogP contribution in [0.15, 0.2) is 36.4 Å². The summed E-state index contributed by atoms with van der Waals surface area (Å²) in [5.41, 5.74) is 1.40. The van der Waals surface area contributed by atoms with E-state index in [2.05, 4.69) is 30.4 Å². The van der Waals surface area contributed by atoms with Gasteiger partial charge in [-0.2, -0.15) is 0 Å². The average molecular weight is 302 g/mol. The van der Waals surface area contributed by atoms with Gasteiger partial charge in [0.05, 0.1) is 13.7 Å². The number of piperazine rings is 1. The molecule has 3 heteroatoms. The first-order chi connectivity index (χ1) is 10.8. The molecule has 2 N–H and O–H groups in total. The molecule has 0 radical (unpaired) electrons. The Morgan fingerprint density at radius 3 is 2.64 bits per heavy atom. The van der Waals surface area contributed by atoms with Crippen molar-refractivity contribution >= 4 is 0 Å². The van der Waals surface area contributed by atoms with Gasteiger partial charge in [0.15, 0.2) is 0 Å². The molecular formula is C19H30N2O+2. The molecule has 1 aromatic carbocycles. The van der Waals surface area contributed by atoms with E-state index in [1.165, 1.54) is 57.5 Å². The van der Waals surface area contributed by atoms with Crippen LogP contribution in [0.3, 0.4) is 0 Å². The Labute approximate surface area is 134 Å². The first-order valence-electron chi connectivity index (χ1n) is 8.78. The summed E-state index contributed by atoms with van der Waals surface area (Å²) in [6.45, 7) is 7.79. The number of quaternary nitrogens is 2. The fourth-order valence-corrected chi connectivity index (χ4v) is 3.86. The van der Waals surface area contributed by atoms with Crippen LogP contribution in [0.1, 0.15) is 24.8 Å². The van der Waals surface area contributed by atoms with Gasteiger partial charge in [0.2, 0.25) is 0 Å². The number of rotatable bonds is 5. The molecule has 0 amide bonds. The molecule has 1 saturated heterocycles. The normalized spacial score (nSPS) is 28.5. The van der Waals surface area contributed by atoms with Crippen molar-refractivity contribution in [3.63, 3.8) is 0 Å². The van der Waals surface area contributed by atoms with Gasteiger partial charge < -0.3 is 14.5 Å². The Balaban J connectivity index is 1.44. The van der Waals surface area contributed by atoms with Gasteiger partial charge in [-0.15, -0.1) is 0 Å². The molecule has 1 aliphatic carbocycles. The minimum Gasteiger partial charge on any atom is -0.497 e. The van der Waals surface area contributed by atoms with Gasteiger partial charge in [-0.1, -0.05) is 24.3 Å². The van der Waals surface area contributed by atoms with Gasteiger partial charge in [0, 0.05) is 11.5 Å². The molecule has 3 rings (SSSR count). The first-order valence-corrected chi connectivity index (χ1v) is 8.78. The standard InChI is InChI=1S/C19H28N2O/c1-22-19-9-5-8-18(14-19)16-21-12-10-20(11-13-21)15-17-6-3-2-4-7-17/h2-3,5,8-9,14,17H,4,6-7,10-13,15-16H2,1H3/p+2/t17-/m0/s1. The van der Waals surface area contributed by atoms with Gasteiger partial charge in [-0.25, -0.2) is 0 Å². The summed E-state index contributed by atoms with van der Waals surface area (Å²) in [4.78, 5) is 3.55. The van der Waals surface area contributed by atoms with Crippen LogP contribution in [0.25, 0.3) is 0 Å². The second-order valence-corrected chi connectivity index (χ2v) is 6.88. The first kappa shape index (κ1) is 15.6. The van der Waals surface area contributed by atoms with E-state index in [4.69, 9.17) is 4.74 Å². The number of methoxy groups -OCH3 is 1. The number of benzene rings is 1. The molecule has 1 fully saturated rings. The fraction of sp³-hybridized carbons (Fsp3) is 0.579. The van der Waals surface area contributed by atoms with Crippen LogP contribution in [-0.2, 0) is 6.54 Å². The zero-order chi connectivity index (χ0) is 15.2.